The van der Waals surface area contributed by atoms with Crippen LogP contribution in [0.2, 0.25) is 0 Å². The van der Waals surface area contributed by atoms with Crippen LogP contribution in [0.25, 0.3) is 0 Å². The number of likely N-dealkylation sites (N-methyl/N-ethyl adjacent to an activating group) is 1. The van der Waals surface area contributed by atoms with Gasteiger partial charge in [-0.15, -0.1) is 0 Å². The van der Waals surface area contributed by atoms with E-state index in [0.717, 1.165) is 19.5 Å². The minimum absolute atomic E-state index is 0.369. The summed E-state index contributed by atoms with van der Waals surface area (Å²) < 4.78 is 0. The summed E-state index contributed by atoms with van der Waals surface area (Å²) in [6.45, 7) is 6.07. The number of piperazine rings is 1. The van der Waals surface area contributed by atoms with Gasteiger partial charge in [0.05, 0.1) is 0 Å². The van der Waals surface area contributed by atoms with Crippen LogP contribution in [-0.2, 0) is 4.79 Å². The van der Waals surface area contributed by atoms with E-state index in [0.29, 0.717) is 12.1 Å². The Bertz CT molecular complexity index is 149. The molecule has 0 saturated carbocycles. The van der Waals surface area contributed by atoms with Gasteiger partial charge in [0.1, 0.15) is 0 Å². The average molecular weight is 156 g/mol. The second-order valence-corrected chi connectivity index (χ2v) is 3.44. The van der Waals surface area contributed by atoms with Gasteiger partial charge in [0, 0.05) is 25.2 Å². The molecule has 1 heterocycles. The Labute approximate surface area is 68.0 Å². The summed E-state index contributed by atoms with van der Waals surface area (Å²) in [5, 5.41) is 0. The molecule has 0 aliphatic carbocycles. The molecule has 1 aliphatic heterocycles. The fourth-order valence-electron chi connectivity index (χ4n) is 1.47. The van der Waals surface area contributed by atoms with Gasteiger partial charge in [-0.25, -0.2) is 0 Å². The molecule has 1 amide bonds. The molecule has 0 N–H and O–H groups in total. The largest absolute Gasteiger partial charge is 0.340 e. The summed E-state index contributed by atoms with van der Waals surface area (Å²) in [7, 11) is 2.10. The van der Waals surface area contributed by atoms with E-state index < -0.39 is 0 Å². The van der Waals surface area contributed by atoms with Crippen LogP contribution >= 0.6 is 0 Å². The van der Waals surface area contributed by atoms with E-state index in [1.54, 1.807) is 0 Å². The number of carbonyl (C=O) groups excluding carboxylic acids is 1. The first-order chi connectivity index (χ1) is 5.15. The first-order valence-electron chi connectivity index (χ1n) is 4.06. The van der Waals surface area contributed by atoms with Crippen molar-refractivity contribution in [3.8, 4) is 0 Å². The maximum Gasteiger partial charge on any atom is 0.210 e. The Morgan fingerprint density at radius 1 is 1.27 bits per heavy atom. The third-order valence-electron chi connectivity index (χ3n) is 2.48. The Hall–Kier alpha value is -0.570. The van der Waals surface area contributed by atoms with Crippen molar-refractivity contribution in [3.05, 3.63) is 0 Å². The maximum atomic E-state index is 10.5. The normalized spacial score (nSPS) is 33.9. The molecule has 0 bridgehead atoms. The molecule has 11 heavy (non-hydrogen) atoms. The van der Waals surface area contributed by atoms with Crippen molar-refractivity contribution in [1.29, 1.82) is 0 Å². The average Bonchev–Trinajstić information content (AvgIpc) is 1.97. The molecule has 1 aliphatic rings. The fourth-order valence-corrected chi connectivity index (χ4v) is 1.47. The van der Waals surface area contributed by atoms with Crippen LogP contribution in [0.3, 0.4) is 0 Å². The van der Waals surface area contributed by atoms with Gasteiger partial charge >= 0.3 is 0 Å². The molecule has 1 saturated heterocycles. The predicted molar refractivity (Wildman–Crippen MR) is 44.3 cm³/mol. The topological polar surface area (TPSA) is 23.6 Å². The Morgan fingerprint density at radius 3 is 2.45 bits per heavy atom. The van der Waals surface area contributed by atoms with Crippen LogP contribution in [0.5, 0.6) is 0 Å². The van der Waals surface area contributed by atoms with E-state index >= 15 is 0 Å². The van der Waals surface area contributed by atoms with Crippen molar-refractivity contribution in [2.45, 2.75) is 25.9 Å². The summed E-state index contributed by atoms with van der Waals surface area (Å²) >= 11 is 0. The number of hydrogen-bond acceptors (Lipinski definition) is 2. The lowest BCUT2D eigenvalue weighted by Crippen LogP contribution is -2.54. The number of hydrogen-bond donors (Lipinski definition) is 0. The summed E-state index contributed by atoms with van der Waals surface area (Å²) in [5.74, 6) is 0. The van der Waals surface area contributed by atoms with Gasteiger partial charge in [0.2, 0.25) is 6.41 Å². The first-order valence-corrected chi connectivity index (χ1v) is 4.06. The Morgan fingerprint density at radius 2 is 1.91 bits per heavy atom. The van der Waals surface area contributed by atoms with Crippen molar-refractivity contribution in [3.63, 3.8) is 0 Å². The number of nitrogens with zero attached hydrogens (tertiary/aromatic N) is 2. The molecule has 0 aromatic rings. The molecule has 2 atom stereocenters. The fraction of sp³-hybridized carbons (Fsp3) is 0.875. The first kappa shape index (κ1) is 8.53. The molecule has 64 valence electrons. The molecule has 1 rings (SSSR count). The van der Waals surface area contributed by atoms with Crippen molar-refractivity contribution >= 4 is 6.41 Å². The Kier molecular flexibility index (Phi) is 2.49. The van der Waals surface area contributed by atoms with Gasteiger partial charge in [0.25, 0.3) is 0 Å². The molecule has 1 fully saturated rings. The Balaban J connectivity index is 2.54. The quantitative estimate of drug-likeness (QED) is 0.505. The van der Waals surface area contributed by atoms with Gasteiger partial charge in [-0.2, -0.15) is 0 Å². The highest BCUT2D eigenvalue weighted by Gasteiger charge is 2.24. The summed E-state index contributed by atoms with van der Waals surface area (Å²) in [5.41, 5.74) is 0. The summed E-state index contributed by atoms with van der Waals surface area (Å²) in [6, 6.07) is 0.866. The lowest BCUT2D eigenvalue weighted by molar-refractivity contribution is -0.123. The van der Waals surface area contributed by atoms with Crippen molar-refractivity contribution in [2.24, 2.45) is 0 Å². The minimum atomic E-state index is 0.369. The second-order valence-electron chi connectivity index (χ2n) is 3.44. The van der Waals surface area contributed by atoms with Gasteiger partial charge in [-0.3, -0.25) is 9.69 Å². The highest BCUT2D eigenvalue weighted by Crippen LogP contribution is 2.10. The van der Waals surface area contributed by atoms with Crippen LogP contribution < -0.4 is 0 Å². The number of rotatable bonds is 1. The van der Waals surface area contributed by atoms with Gasteiger partial charge < -0.3 is 4.90 Å². The van der Waals surface area contributed by atoms with E-state index in [4.69, 9.17) is 0 Å². The van der Waals surface area contributed by atoms with Crippen LogP contribution in [0.1, 0.15) is 13.8 Å². The molecule has 0 unspecified atom stereocenters. The molecule has 0 aromatic heterocycles. The monoisotopic (exact) mass is 156 g/mol. The van der Waals surface area contributed by atoms with Gasteiger partial charge in [-0.05, 0) is 20.9 Å². The zero-order valence-corrected chi connectivity index (χ0v) is 7.45. The second kappa shape index (κ2) is 3.22. The third kappa shape index (κ3) is 1.71. The lowest BCUT2D eigenvalue weighted by Gasteiger charge is -2.40. The minimum Gasteiger partial charge on any atom is -0.340 e. The smallest absolute Gasteiger partial charge is 0.210 e. The highest BCUT2D eigenvalue weighted by molar-refractivity contribution is 5.48. The predicted octanol–water partition coefficient (Wildman–Crippen LogP) is 0.167. The molecule has 0 spiro atoms. The summed E-state index contributed by atoms with van der Waals surface area (Å²) in [4.78, 5) is 14.7. The SMILES string of the molecule is C[C@@H]1CN(C)[C@@H](C)CN1C=O. The molecule has 3 nitrogen and oxygen atoms in total. The van der Waals surface area contributed by atoms with Crippen molar-refractivity contribution in [1.82, 2.24) is 9.80 Å². The molecular weight excluding hydrogens is 140 g/mol. The van der Waals surface area contributed by atoms with E-state index in [9.17, 15) is 4.79 Å². The van der Waals surface area contributed by atoms with E-state index in [-0.39, 0.29) is 0 Å². The molecule has 0 radical (unpaired) electrons. The van der Waals surface area contributed by atoms with Crippen LogP contribution in [0.4, 0.5) is 0 Å². The van der Waals surface area contributed by atoms with Gasteiger partial charge in [0.15, 0.2) is 0 Å². The van der Waals surface area contributed by atoms with Gasteiger partial charge in [-0.1, -0.05) is 0 Å². The van der Waals surface area contributed by atoms with Crippen molar-refractivity contribution in [2.75, 3.05) is 20.1 Å². The van der Waals surface area contributed by atoms with E-state index in [1.807, 2.05) is 4.90 Å². The number of carbonyl (C=O) groups is 1. The molecule has 3 heteroatoms. The zero-order chi connectivity index (χ0) is 8.43. The van der Waals surface area contributed by atoms with Crippen LogP contribution in [0, 0.1) is 0 Å². The molecule has 0 aromatic carbocycles. The number of amides is 1. The zero-order valence-electron chi connectivity index (χ0n) is 7.45. The highest BCUT2D eigenvalue weighted by atomic mass is 16.1. The summed E-state index contributed by atoms with van der Waals surface area (Å²) in [6.07, 6.45) is 0.953. The van der Waals surface area contributed by atoms with Crippen LogP contribution in [0.15, 0.2) is 0 Å². The maximum absolute atomic E-state index is 10.5. The van der Waals surface area contributed by atoms with Crippen molar-refractivity contribution < 1.29 is 4.79 Å². The van der Waals surface area contributed by atoms with Crippen LogP contribution in [-0.4, -0.2) is 48.4 Å². The van der Waals surface area contributed by atoms with E-state index in [1.165, 1.54) is 0 Å². The molecular formula is C8H16N2O. The van der Waals surface area contributed by atoms with E-state index in [2.05, 4.69) is 25.8 Å². The lowest BCUT2D eigenvalue weighted by atomic mass is 10.1. The standard InChI is InChI=1S/C8H16N2O/c1-7-5-10(6-11)8(2)4-9(7)3/h6-8H,4-5H2,1-3H3/t7-,8+/m0/s1. The third-order valence-corrected chi connectivity index (χ3v) is 2.48.